The second kappa shape index (κ2) is 5.97. The number of benzene rings is 1. The van der Waals surface area contributed by atoms with Gasteiger partial charge in [0.05, 0.1) is 10.7 Å². The van der Waals surface area contributed by atoms with Gasteiger partial charge in [-0.3, -0.25) is 0 Å². The van der Waals surface area contributed by atoms with Crippen molar-refractivity contribution >= 4 is 33.6 Å². The predicted octanol–water partition coefficient (Wildman–Crippen LogP) is 2.62. The van der Waals surface area contributed by atoms with Gasteiger partial charge in [-0.25, -0.2) is 17.4 Å². The summed E-state index contributed by atoms with van der Waals surface area (Å²) >= 11 is 0. The van der Waals surface area contributed by atoms with Gasteiger partial charge in [0.1, 0.15) is 5.60 Å². The van der Waals surface area contributed by atoms with Gasteiger partial charge in [-0.1, -0.05) is 24.8 Å². The van der Waals surface area contributed by atoms with E-state index in [4.69, 9.17) is 9.31 Å². The lowest BCUT2D eigenvalue weighted by molar-refractivity contribution is 0.173. The van der Waals surface area contributed by atoms with Crippen molar-refractivity contribution in [3.05, 3.63) is 66.7 Å². The van der Waals surface area contributed by atoms with Crippen LogP contribution in [0.25, 0.3) is 11.0 Å². The fourth-order valence-corrected chi connectivity index (χ4v) is 4.70. The molecule has 0 N–H and O–H groups in total. The minimum Gasteiger partial charge on any atom is -0.534 e. The van der Waals surface area contributed by atoms with Gasteiger partial charge in [-0.05, 0) is 45.0 Å². The molecule has 1 fully saturated rings. The largest absolute Gasteiger partial charge is 0.564 e. The van der Waals surface area contributed by atoms with E-state index in [1.807, 2.05) is 13.8 Å². The smallest absolute Gasteiger partial charge is 0.534 e. The van der Waals surface area contributed by atoms with Crippen LogP contribution >= 0.6 is 0 Å². The van der Waals surface area contributed by atoms with Crippen LogP contribution < -0.4 is 5.46 Å². The molecule has 0 amide bonds. The minimum absolute atomic E-state index is 0.209. The molecule has 1 saturated heterocycles. The van der Waals surface area contributed by atoms with E-state index in [1.54, 1.807) is 55.6 Å². The zero-order valence-electron chi connectivity index (χ0n) is 15.3. The average Bonchev–Trinajstić information content (AvgIpc) is 3.11. The molecule has 0 spiro atoms. The summed E-state index contributed by atoms with van der Waals surface area (Å²) in [6.45, 7) is 9.40. The Hall–Kier alpha value is -2.58. The van der Waals surface area contributed by atoms with Gasteiger partial charge >= 0.3 is 7.12 Å². The number of pyridine rings is 1. The Balaban J connectivity index is 1.89. The molecule has 8 heteroatoms. The number of aromatic nitrogens is 2. The molecule has 1 aliphatic heterocycles. The lowest BCUT2D eigenvalue weighted by Crippen LogP contribution is -2.35. The summed E-state index contributed by atoms with van der Waals surface area (Å²) in [5.41, 5.74) is 1.01. The van der Waals surface area contributed by atoms with Crippen molar-refractivity contribution in [3.63, 3.8) is 0 Å². The molecule has 0 bridgehead atoms. The number of hydrogen-bond acceptors (Lipinski definition) is 5. The van der Waals surface area contributed by atoms with Gasteiger partial charge in [0.2, 0.25) is 0 Å². The summed E-state index contributed by atoms with van der Waals surface area (Å²) in [7, 11) is -4.43. The first kappa shape index (κ1) is 17.8. The summed E-state index contributed by atoms with van der Waals surface area (Å²) in [5.74, 6) is 0.533. The van der Waals surface area contributed by atoms with Crippen LogP contribution in [0.1, 0.15) is 19.5 Å². The van der Waals surface area contributed by atoms with Crippen molar-refractivity contribution in [3.8, 4) is 0 Å². The molecule has 0 atom stereocenters. The molecule has 1 aliphatic rings. The van der Waals surface area contributed by atoms with Crippen molar-refractivity contribution in [1.82, 2.24) is 8.96 Å². The third-order valence-corrected chi connectivity index (χ3v) is 6.54. The molecule has 0 unspecified atom stereocenters. The summed E-state index contributed by atoms with van der Waals surface area (Å²) < 4.78 is 39.3. The standard InChI is InChI=1S/C19H19BN2O4S/c1-13-12-16-17(20-25-14(2)19(3,4)26-20)10-11-21-18(16)22(13)27(23,24)15-8-6-5-7-9-15/h5-12H,2H2,1,3-4H3. The number of fused-ring (bicyclic) bond motifs is 1. The van der Waals surface area contributed by atoms with Crippen LogP contribution in [0, 0.1) is 6.92 Å². The van der Waals surface area contributed by atoms with Crippen LogP contribution in [0.2, 0.25) is 0 Å². The molecule has 4 rings (SSSR count). The molecule has 1 aromatic carbocycles. The fraction of sp³-hybridized carbons (Fsp3) is 0.211. The number of hydrogen-bond donors (Lipinski definition) is 0. The third-order valence-electron chi connectivity index (χ3n) is 4.73. The van der Waals surface area contributed by atoms with E-state index in [0.29, 0.717) is 22.5 Å². The van der Waals surface area contributed by atoms with Gasteiger partial charge in [0, 0.05) is 22.7 Å². The maximum absolute atomic E-state index is 13.2. The van der Waals surface area contributed by atoms with Gasteiger partial charge in [-0.15, -0.1) is 0 Å². The Morgan fingerprint density at radius 2 is 1.89 bits per heavy atom. The highest BCUT2D eigenvalue weighted by Crippen LogP contribution is 2.31. The topological polar surface area (TPSA) is 70.4 Å². The van der Waals surface area contributed by atoms with Crippen molar-refractivity contribution in [2.24, 2.45) is 0 Å². The Labute approximate surface area is 158 Å². The molecule has 0 radical (unpaired) electrons. The molecule has 3 aromatic rings. The quantitative estimate of drug-likeness (QED) is 0.652. The van der Waals surface area contributed by atoms with Crippen LogP contribution in [-0.4, -0.2) is 30.1 Å². The first-order valence-electron chi connectivity index (χ1n) is 8.53. The van der Waals surface area contributed by atoms with E-state index in [0.717, 1.165) is 5.46 Å². The molecular formula is C19H19BN2O4S. The summed E-state index contributed by atoms with van der Waals surface area (Å²) in [4.78, 5) is 4.54. The summed E-state index contributed by atoms with van der Waals surface area (Å²) in [6.07, 6.45) is 1.56. The number of aryl methyl sites for hydroxylation is 1. The Bertz CT molecular complexity index is 1150. The number of nitrogens with zero attached hydrogens (tertiary/aromatic N) is 2. The molecule has 27 heavy (non-hydrogen) atoms. The van der Waals surface area contributed by atoms with Crippen LogP contribution in [0.5, 0.6) is 0 Å². The first-order chi connectivity index (χ1) is 12.7. The van der Waals surface area contributed by atoms with Crippen LogP contribution in [0.15, 0.2) is 65.9 Å². The fourth-order valence-electron chi connectivity index (χ4n) is 3.18. The second-order valence-electron chi connectivity index (χ2n) is 7.01. The number of rotatable bonds is 3. The van der Waals surface area contributed by atoms with Crippen LogP contribution in [-0.2, 0) is 19.3 Å². The van der Waals surface area contributed by atoms with Gasteiger partial charge in [-0.2, -0.15) is 0 Å². The maximum atomic E-state index is 13.2. The Kier molecular flexibility index (Phi) is 3.94. The molecule has 2 aromatic heterocycles. The zero-order valence-corrected chi connectivity index (χ0v) is 16.2. The lowest BCUT2D eigenvalue weighted by atomic mass is 9.78. The highest BCUT2D eigenvalue weighted by molar-refractivity contribution is 7.90. The molecule has 0 aliphatic carbocycles. The van der Waals surface area contributed by atoms with E-state index >= 15 is 0 Å². The minimum atomic E-state index is -3.77. The van der Waals surface area contributed by atoms with E-state index in [-0.39, 0.29) is 4.90 Å². The Morgan fingerprint density at radius 1 is 1.19 bits per heavy atom. The monoisotopic (exact) mass is 382 g/mol. The van der Waals surface area contributed by atoms with Crippen molar-refractivity contribution in [2.75, 3.05) is 0 Å². The zero-order chi connectivity index (χ0) is 19.4. The van der Waals surface area contributed by atoms with Crippen molar-refractivity contribution in [1.29, 1.82) is 0 Å². The van der Waals surface area contributed by atoms with Crippen molar-refractivity contribution in [2.45, 2.75) is 31.3 Å². The van der Waals surface area contributed by atoms with Gasteiger partial charge in [0.25, 0.3) is 10.0 Å². The molecule has 3 heterocycles. The van der Waals surface area contributed by atoms with Crippen molar-refractivity contribution < 1.29 is 17.7 Å². The Morgan fingerprint density at radius 3 is 2.52 bits per heavy atom. The van der Waals surface area contributed by atoms with E-state index < -0.39 is 22.7 Å². The average molecular weight is 382 g/mol. The van der Waals surface area contributed by atoms with Gasteiger partial charge in [0.15, 0.2) is 5.65 Å². The summed E-state index contributed by atoms with van der Waals surface area (Å²) in [5, 5.41) is 0.671. The van der Waals surface area contributed by atoms with Crippen LogP contribution in [0.3, 0.4) is 0 Å². The SMILES string of the molecule is C=C1OB(c2ccnc3c2cc(C)n3S(=O)(=O)c2ccccc2)OC1(C)C. The highest BCUT2D eigenvalue weighted by atomic mass is 32.2. The molecule has 6 nitrogen and oxygen atoms in total. The predicted molar refractivity (Wildman–Crippen MR) is 104 cm³/mol. The van der Waals surface area contributed by atoms with E-state index in [2.05, 4.69) is 11.6 Å². The van der Waals surface area contributed by atoms with Crippen LogP contribution in [0.4, 0.5) is 0 Å². The first-order valence-corrected chi connectivity index (χ1v) is 9.97. The highest BCUT2D eigenvalue weighted by Gasteiger charge is 2.44. The lowest BCUT2D eigenvalue weighted by Gasteiger charge is -2.15. The molecule has 0 saturated carbocycles. The molecule has 138 valence electrons. The van der Waals surface area contributed by atoms with E-state index in [9.17, 15) is 8.42 Å². The normalized spacial score (nSPS) is 16.7. The van der Waals surface area contributed by atoms with E-state index in [1.165, 1.54) is 3.97 Å². The third kappa shape index (κ3) is 2.76. The van der Waals surface area contributed by atoms with Gasteiger partial charge < -0.3 is 9.31 Å². The second-order valence-corrected chi connectivity index (χ2v) is 8.79. The summed E-state index contributed by atoms with van der Waals surface area (Å²) in [6, 6.07) is 11.9. The molecular weight excluding hydrogens is 363 g/mol. The maximum Gasteiger partial charge on any atom is 0.564 e.